The number of benzene rings is 2. The van der Waals surface area contributed by atoms with Gasteiger partial charge in [-0.2, -0.15) is 0 Å². The van der Waals surface area contributed by atoms with Gasteiger partial charge in [0.2, 0.25) is 0 Å². The number of hydrogen-bond donors (Lipinski definition) is 1. The highest BCUT2D eigenvalue weighted by Gasteiger charge is 2.08. The lowest BCUT2D eigenvalue weighted by Crippen LogP contribution is -1.95. The van der Waals surface area contributed by atoms with Gasteiger partial charge in [0.1, 0.15) is 11.6 Å². The van der Waals surface area contributed by atoms with Crippen LogP contribution in [-0.2, 0) is 11.2 Å². The van der Waals surface area contributed by atoms with Crippen molar-refractivity contribution in [3.63, 3.8) is 0 Å². The molecule has 0 aliphatic carbocycles. The standard InChI is InChI=1S/C18H15FN2O2/c1-12(22)9-13-3-2-4-14(10-13)17-11-20-18(23-17)21-16-7-5-15(19)6-8-16/h2-8,10-11H,9H2,1H3,(H,20,21). The van der Waals surface area contributed by atoms with E-state index in [1.54, 1.807) is 25.3 Å². The van der Waals surface area contributed by atoms with E-state index >= 15 is 0 Å². The Morgan fingerprint density at radius 2 is 2.00 bits per heavy atom. The molecular formula is C18H15FN2O2. The topological polar surface area (TPSA) is 55.1 Å². The van der Waals surface area contributed by atoms with Crippen molar-refractivity contribution >= 4 is 17.5 Å². The molecule has 0 amide bonds. The molecule has 3 aromatic rings. The van der Waals surface area contributed by atoms with Crippen LogP contribution in [-0.4, -0.2) is 10.8 Å². The zero-order chi connectivity index (χ0) is 16.2. The van der Waals surface area contributed by atoms with Crippen LogP contribution in [0.25, 0.3) is 11.3 Å². The summed E-state index contributed by atoms with van der Waals surface area (Å²) in [5.41, 5.74) is 2.47. The number of anilines is 2. The molecule has 0 fully saturated rings. The number of ketones is 1. The molecule has 0 spiro atoms. The van der Waals surface area contributed by atoms with Crippen molar-refractivity contribution in [1.29, 1.82) is 0 Å². The van der Waals surface area contributed by atoms with E-state index in [1.807, 2.05) is 24.3 Å². The van der Waals surface area contributed by atoms with Crippen LogP contribution in [0.4, 0.5) is 16.1 Å². The van der Waals surface area contributed by atoms with E-state index in [9.17, 15) is 9.18 Å². The van der Waals surface area contributed by atoms with Gasteiger partial charge in [-0.1, -0.05) is 18.2 Å². The molecule has 0 bridgehead atoms. The monoisotopic (exact) mass is 310 g/mol. The van der Waals surface area contributed by atoms with Crippen molar-refractivity contribution in [1.82, 2.24) is 4.98 Å². The number of carbonyl (C=O) groups is 1. The third-order valence-corrected chi connectivity index (χ3v) is 3.27. The lowest BCUT2D eigenvalue weighted by Gasteiger charge is -2.02. The van der Waals surface area contributed by atoms with Crippen molar-refractivity contribution in [3.05, 3.63) is 66.1 Å². The summed E-state index contributed by atoms with van der Waals surface area (Å²) in [4.78, 5) is 15.4. The molecule has 0 saturated carbocycles. The Morgan fingerprint density at radius 1 is 1.22 bits per heavy atom. The normalized spacial score (nSPS) is 10.5. The smallest absolute Gasteiger partial charge is 0.299 e. The predicted molar refractivity (Wildman–Crippen MR) is 86.0 cm³/mol. The Balaban J connectivity index is 1.78. The zero-order valence-corrected chi connectivity index (χ0v) is 12.5. The second-order valence-electron chi connectivity index (χ2n) is 5.24. The van der Waals surface area contributed by atoms with Gasteiger partial charge in [0.25, 0.3) is 6.01 Å². The lowest BCUT2D eigenvalue weighted by molar-refractivity contribution is -0.116. The third kappa shape index (κ3) is 3.83. The van der Waals surface area contributed by atoms with E-state index in [2.05, 4.69) is 10.3 Å². The number of nitrogens with one attached hydrogen (secondary N) is 1. The van der Waals surface area contributed by atoms with E-state index in [-0.39, 0.29) is 11.6 Å². The maximum Gasteiger partial charge on any atom is 0.299 e. The van der Waals surface area contributed by atoms with Gasteiger partial charge in [-0.05, 0) is 42.8 Å². The van der Waals surface area contributed by atoms with Gasteiger partial charge >= 0.3 is 0 Å². The fourth-order valence-electron chi connectivity index (χ4n) is 2.24. The first-order valence-electron chi connectivity index (χ1n) is 7.17. The van der Waals surface area contributed by atoms with Crippen LogP contribution in [0.3, 0.4) is 0 Å². The lowest BCUT2D eigenvalue weighted by atomic mass is 10.1. The number of hydrogen-bond acceptors (Lipinski definition) is 4. The summed E-state index contributed by atoms with van der Waals surface area (Å²) in [7, 11) is 0. The Hall–Kier alpha value is -2.95. The Morgan fingerprint density at radius 3 is 2.74 bits per heavy atom. The molecule has 4 nitrogen and oxygen atoms in total. The second-order valence-corrected chi connectivity index (χ2v) is 5.24. The fraction of sp³-hybridized carbons (Fsp3) is 0.111. The van der Waals surface area contributed by atoms with Crippen molar-refractivity contribution < 1.29 is 13.6 Å². The van der Waals surface area contributed by atoms with Crippen molar-refractivity contribution in [2.75, 3.05) is 5.32 Å². The number of aromatic nitrogens is 1. The number of carbonyl (C=O) groups excluding carboxylic acids is 1. The van der Waals surface area contributed by atoms with E-state index in [1.165, 1.54) is 12.1 Å². The minimum Gasteiger partial charge on any atom is -0.423 e. The number of halogens is 1. The van der Waals surface area contributed by atoms with E-state index in [0.717, 1.165) is 11.1 Å². The summed E-state index contributed by atoms with van der Waals surface area (Å²) in [6, 6.07) is 13.8. The van der Waals surface area contributed by atoms with Crippen molar-refractivity contribution in [2.45, 2.75) is 13.3 Å². The first-order valence-corrected chi connectivity index (χ1v) is 7.17. The maximum atomic E-state index is 12.9. The van der Waals surface area contributed by atoms with Gasteiger partial charge in [0.15, 0.2) is 5.76 Å². The van der Waals surface area contributed by atoms with Crippen molar-refractivity contribution in [3.8, 4) is 11.3 Å². The molecule has 23 heavy (non-hydrogen) atoms. The van der Waals surface area contributed by atoms with Gasteiger partial charge in [0, 0.05) is 17.7 Å². The predicted octanol–water partition coefficient (Wildman–Crippen LogP) is 4.36. The second kappa shape index (κ2) is 6.44. The van der Waals surface area contributed by atoms with Gasteiger partial charge in [0.05, 0.1) is 6.20 Å². The van der Waals surface area contributed by atoms with E-state index in [4.69, 9.17) is 4.42 Å². The summed E-state index contributed by atoms with van der Waals surface area (Å²) in [6.45, 7) is 1.56. The van der Waals surface area contributed by atoms with Crippen LogP contribution in [0.1, 0.15) is 12.5 Å². The van der Waals surface area contributed by atoms with E-state index in [0.29, 0.717) is 23.9 Å². The molecule has 1 aromatic heterocycles. The first-order chi connectivity index (χ1) is 11.1. The Kier molecular flexibility index (Phi) is 4.19. The molecule has 0 aliphatic rings. The van der Waals surface area contributed by atoms with Crippen LogP contribution in [0.15, 0.2) is 59.1 Å². The van der Waals surface area contributed by atoms with Crippen molar-refractivity contribution in [2.24, 2.45) is 0 Å². The molecule has 5 heteroatoms. The summed E-state index contributed by atoms with van der Waals surface area (Å²) >= 11 is 0. The average Bonchev–Trinajstić information content (AvgIpc) is 2.98. The fourth-order valence-corrected chi connectivity index (χ4v) is 2.24. The minimum absolute atomic E-state index is 0.110. The SMILES string of the molecule is CC(=O)Cc1cccc(-c2cnc(Nc3ccc(F)cc3)o2)c1. The van der Waals surface area contributed by atoms with Crippen LogP contribution in [0.2, 0.25) is 0 Å². The summed E-state index contributed by atoms with van der Waals surface area (Å²) in [5.74, 6) is 0.407. The number of rotatable bonds is 5. The minimum atomic E-state index is -0.300. The van der Waals surface area contributed by atoms with E-state index < -0.39 is 0 Å². The molecule has 0 radical (unpaired) electrons. The van der Waals surface area contributed by atoms with Gasteiger partial charge < -0.3 is 9.73 Å². The Labute approximate surface area is 133 Å². The highest BCUT2D eigenvalue weighted by atomic mass is 19.1. The summed E-state index contributed by atoms with van der Waals surface area (Å²) in [6.07, 6.45) is 2.00. The van der Waals surface area contributed by atoms with Crippen LogP contribution >= 0.6 is 0 Å². The molecule has 0 aliphatic heterocycles. The molecular weight excluding hydrogens is 295 g/mol. The van der Waals surface area contributed by atoms with Gasteiger partial charge in [-0.15, -0.1) is 0 Å². The number of nitrogens with zero attached hydrogens (tertiary/aromatic N) is 1. The van der Waals surface area contributed by atoms with Crippen LogP contribution < -0.4 is 5.32 Å². The average molecular weight is 310 g/mol. The third-order valence-electron chi connectivity index (χ3n) is 3.27. The molecule has 0 saturated heterocycles. The summed E-state index contributed by atoms with van der Waals surface area (Å²) in [5, 5.41) is 2.97. The Bertz CT molecular complexity index is 825. The molecule has 0 unspecified atom stereocenters. The van der Waals surface area contributed by atoms with Gasteiger partial charge in [-0.25, -0.2) is 9.37 Å². The molecule has 116 valence electrons. The molecule has 3 rings (SSSR count). The zero-order valence-electron chi connectivity index (χ0n) is 12.5. The number of oxazole rings is 1. The molecule has 2 aromatic carbocycles. The quantitative estimate of drug-likeness (QED) is 0.761. The van der Waals surface area contributed by atoms with Gasteiger partial charge in [-0.3, -0.25) is 4.79 Å². The summed E-state index contributed by atoms with van der Waals surface area (Å²) < 4.78 is 18.6. The highest BCUT2D eigenvalue weighted by molar-refractivity contribution is 5.78. The highest BCUT2D eigenvalue weighted by Crippen LogP contribution is 2.25. The largest absolute Gasteiger partial charge is 0.423 e. The van der Waals surface area contributed by atoms with Crippen LogP contribution in [0, 0.1) is 5.82 Å². The number of Topliss-reactive ketones (excluding diaryl/α,β-unsaturated/α-hetero) is 1. The molecule has 1 heterocycles. The molecule has 1 N–H and O–H groups in total. The first kappa shape index (κ1) is 15.0. The maximum absolute atomic E-state index is 12.9. The molecule has 0 atom stereocenters. The van der Waals surface area contributed by atoms with Crippen LogP contribution in [0.5, 0.6) is 0 Å².